The zero-order valence-electron chi connectivity index (χ0n) is 13.3. The predicted octanol–water partition coefficient (Wildman–Crippen LogP) is 4.05. The number of para-hydroxylation sites is 2. The van der Waals surface area contributed by atoms with Gasteiger partial charge in [0.05, 0.1) is 16.4 Å². The Hall–Kier alpha value is -1.84. The Labute approximate surface area is 125 Å². The van der Waals surface area contributed by atoms with Crippen LogP contribution in [0.4, 0.5) is 0 Å². The van der Waals surface area contributed by atoms with Gasteiger partial charge in [0.1, 0.15) is 5.82 Å². The normalized spacial score (nSPS) is 12.2. The third-order valence-corrected chi connectivity index (χ3v) is 4.49. The summed E-state index contributed by atoms with van der Waals surface area (Å²) in [6.45, 7) is 8.11. The van der Waals surface area contributed by atoms with Crippen LogP contribution in [0.2, 0.25) is 0 Å². The van der Waals surface area contributed by atoms with Gasteiger partial charge in [-0.1, -0.05) is 26.0 Å². The number of aromatic nitrogens is 2. The molecule has 0 saturated heterocycles. The fraction of sp³-hybridized carbons (Fsp3) is 0.529. The molecule has 0 atom stereocenters. The van der Waals surface area contributed by atoms with Gasteiger partial charge >= 0.3 is 5.97 Å². The van der Waals surface area contributed by atoms with Gasteiger partial charge in [-0.2, -0.15) is 0 Å². The maximum atomic E-state index is 11.7. The summed E-state index contributed by atoms with van der Waals surface area (Å²) in [6.07, 6.45) is 1.70. The van der Waals surface area contributed by atoms with Crippen LogP contribution >= 0.6 is 0 Å². The lowest BCUT2D eigenvalue weighted by atomic mass is 9.79. The molecule has 1 aromatic heterocycles. The van der Waals surface area contributed by atoms with Crippen LogP contribution in [0.25, 0.3) is 11.0 Å². The maximum Gasteiger partial charge on any atom is 0.310 e. The van der Waals surface area contributed by atoms with E-state index in [-0.39, 0.29) is 6.04 Å². The van der Waals surface area contributed by atoms with Crippen molar-refractivity contribution in [3.63, 3.8) is 0 Å². The molecule has 0 bridgehead atoms. The van der Waals surface area contributed by atoms with E-state index in [2.05, 4.69) is 18.4 Å². The van der Waals surface area contributed by atoms with E-state index in [1.165, 1.54) is 0 Å². The first-order valence-electron chi connectivity index (χ1n) is 7.64. The zero-order valence-corrected chi connectivity index (χ0v) is 13.3. The monoisotopic (exact) mass is 288 g/mol. The molecule has 4 nitrogen and oxygen atoms in total. The first-order chi connectivity index (χ1) is 9.95. The Balaban J connectivity index is 2.55. The van der Waals surface area contributed by atoms with Gasteiger partial charge in [0.15, 0.2) is 0 Å². The number of carboxylic acid groups (broad SMARTS) is 1. The average Bonchev–Trinajstić information content (AvgIpc) is 2.82. The van der Waals surface area contributed by atoms with Crippen molar-refractivity contribution in [3.8, 4) is 0 Å². The minimum absolute atomic E-state index is 0.257. The van der Waals surface area contributed by atoms with Crippen molar-refractivity contribution in [1.29, 1.82) is 0 Å². The van der Waals surface area contributed by atoms with Crippen LogP contribution in [0.15, 0.2) is 24.3 Å². The van der Waals surface area contributed by atoms with Gasteiger partial charge in [-0.3, -0.25) is 4.79 Å². The van der Waals surface area contributed by atoms with Gasteiger partial charge in [-0.05, 0) is 38.8 Å². The van der Waals surface area contributed by atoms with E-state index in [9.17, 15) is 9.90 Å². The molecule has 0 unspecified atom stereocenters. The molecule has 114 valence electrons. The summed E-state index contributed by atoms with van der Waals surface area (Å²) in [5.41, 5.74) is 1.29. The quantitative estimate of drug-likeness (QED) is 0.872. The Morgan fingerprint density at radius 2 is 1.90 bits per heavy atom. The molecular formula is C17H24N2O2. The maximum absolute atomic E-state index is 11.7. The highest BCUT2D eigenvalue weighted by Crippen LogP contribution is 2.33. The van der Waals surface area contributed by atoms with Crippen molar-refractivity contribution in [3.05, 3.63) is 30.1 Å². The molecular weight excluding hydrogens is 264 g/mol. The van der Waals surface area contributed by atoms with Crippen LogP contribution in [0.5, 0.6) is 0 Å². The second-order valence-electron chi connectivity index (χ2n) is 5.95. The number of fused-ring (bicyclic) bond motifs is 1. The lowest BCUT2D eigenvalue weighted by Gasteiger charge is -2.27. The molecule has 1 N–H and O–H groups in total. The van der Waals surface area contributed by atoms with E-state index in [0.29, 0.717) is 19.3 Å². The fourth-order valence-electron chi connectivity index (χ4n) is 2.98. The van der Waals surface area contributed by atoms with Crippen LogP contribution < -0.4 is 0 Å². The highest BCUT2D eigenvalue weighted by atomic mass is 16.4. The smallest absolute Gasteiger partial charge is 0.310 e. The molecule has 0 fully saturated rings. The first kappa shape index (κ1) is 15.5. The van der Waals surface area contributed by atoms with Gasteiger partial charge in [0, 0.05) is 12.5 Å². The number of imidazole rings is 1. The lowest BCUT2D eigenvalue weighted by Crippen LogP contribution is -2.33. The van der Waals surface area contributed by atoms with E-state index in [1.54, 1.807) is 0 Å². The largest absolute Gasteiger partial charge is 0.481 e. The van der Waals surface area contributed by atoms with Crippen molar-refractivity contribution in [2.45, 2.75) is 53.0 Å². The van der Waals surface area contributed by atoms with Crippen molar-refractivity contribution >= 4 is 17.0 Å². The number of aliphatic carboxylic acids is 1. The highest BCUT2D eigenvalue weighted by molar-refractivity contribution is 5.77. The molecule has 21 heavy (non-hydrogen) atoms. The molecule has 0 aliphatic heterocycles. The van der Waals surface area contributed by atoms with Crippen LogP contribution in [0.3, 0.4) is 0 Å². The van der Waals surface area contributed by atoms with E-state index in [0.717, 1.165) is 16.9 Å². The van der Waals surface area contributed by atoms with Crippen LogP contribution in [-0.2, 0) is 11.2 Å². The number of carboxylic acids is 1. The first-order valence-corrected chi connectivity index (χ1v) is 7.64. The molecule has 2 aromatic rings. The van der Waals surface area contributed by atoms with E-state index < -0.39 is 11.4 Å². The Morgan fingerprint density at radius 3 is 2.43 bits per heavy atom. The molecule has 1 heterocycles. The molecule has 0 saturated carbocycles. The van der Waals surface area contributed by atoms with Gasteiger partial charge in [-0.25, -0.2) is 4.98 Å². The van der Waals surface area contributed by atoms with E-state index in [1.807, 2.05) is 38.1 Å². The Morgan fingerprint density at radius 1 is 1.29 bits per heavy atom. The summed E-state index contributed by atoms with van der Waals surface area (Å²) in [4.78, 5) is 16.4. The molecule has 0 spiro atoms. The summed E-state index contributed by atoms with van der Waals surface area (Å²) >= 11 is 0. The third-order valence-electron chi connectivity index (χ3n) is 4.49. The number of benzene rings is 1. The molecule has 0 aliphatic rings. The second-order valence-corrected chi connectivity index (χ2v) is 5.95. The van der Waals surface area contributed by atoms with Crippen molar-refractivity contribution in [2.75, 3.05) is 0 Å². The summed E-state index contributed by atoms with van der Waals surface area (Å²) in [7, 11) is 0. The molecule has 4 heteroatoms. The van der Waals surface area contributed by atoms with E-state index in [4.69, 9.17) is 4.98 Å². The summed E-state index contributed by atoms with van der Waals surface area (Å²) in [5, 5.41) is 9.65. The fourth-order valence-corrected chi connectivity index (χ4v) is 2.98. The summed E-state index contributed by atoms with van der Waals surface area (Å²) in [5.74, 6) is 0.146. The van der Waals surface area contributed by atoms with Crippen molar-refractivity contribution in [2.24, 2.45) is 5.41 Å². The van der Waals surface area contributed by atoms with Crippen molar-refractivity contribution < 1.29 is 9.90 Å². The Bertz CT molecular complexity index is 639. The van der Waals surface area contributed by atoms with Crippen LogP contribution in [-0.4, -0.2) is 20.6 Å². The SMILES string of the molecule is CCC(CC)(Cc1nc2ccccc2n1C(C)C)C(=O)O. The number of hydrogen-bond donors (Lipinski definition) is 1. The summed E-state index contributed by atoms with van der Waals surface area (Å²) in [6, 6.07) is 8.25. The van der Waals surface area contributed by atoms with Crippen molar-refractivity contribution in [1.82, 2.24) is 9.55 Å². The molecule has 0 amide bonds. The number of hydrogen-bond acceptors (Lipinski definition) is 2. The number of carbonyl (C=O) groups is 1. The predicted molar refractivity (Wildman–Crippen MR) is 84.5 cm³/mol. The topological polar surface area (TPSA) is 55.1 Å². The van der Waals surface area contributed by atoms with Gasteiger partial charge in [0.25, 0.3) is 0 Å². The highest BCUT2D eigenvalue weighted by Gasteiger charge is 2.36. The van der Waals surface area contributed by atoms with Crippen LogP contribution in [0, 0.1) is 5.41 Å². The van der Waals surface area contributed by atoms with Gasteiger partial charge < -0.3 is 9.67 Å². The lowest BCUT2D eigenvalue weighted by molar-refractivity contribution is -0.149. The number of nitrogens with zero attached hydrogens (tertiary/aromatic N) is 2. The number of rotatable bonds is 6. The molecule has 1 aromatic carbocycles. The van der Waals surface area contributed by atoms with Crippen LogP contribution in [0.1, 0.15) is 52.4 Å². The zero-order chi connectivity index (χ0) is 15.6. The minimum Gasteiger partial charge on any atom is -0.481 e. The van der Waals surface area contributed by atoms with E-state index >= 15 is 0 Å². The minimum atomic E-state index is -0.728. The molecule has 0 aliphatic carbocycles. The molecule has 2 rings (SSSR count). The summed E-state index contributed by atoms with van der Waals surface area (Å²) < 4.78 is 2.17. The second kappa shape index (κ2) is 5.88. The standard InChI is InChI=1S/C17H24N2O2/c1-5-17(6-2,16(20)21)11-15-18-13-9-7-8-10-14(13)19(15)12(3)4/h7-10,12H,5-6,11H2,1-4H3,(H,20,21). The Kier molecular flexibility index (Phi) is 4.35. The molecule has 0 radical (unpaired) electrons. The third kappa shape index (κ3) is 2.67. The average molecular weight is 288 g/mol. The van der Waals surface area contributed by atoms with Gasteiger partial charge in [0.2, 0.25) is 0 Å². The van der Waals surface area contributed by atoms with Gasteiger partial charge in [-0.15, -0.1) is 0 Å².